The summed E-state index contributed by atoms with van der Waals surface area (Å²) < 4.78 is 15.6. The summed E-state index contributed by atoms with van der Waals surface area (Å²) in [6, 6.07) is 10.4. The number of para-hydroxylation sites is 1. The Morgan fingerprint density at radius 1 is 1.29 bits per heavy atom. The first kappa shape index (κ1) is 16.3. The van der Waals surface area contributed by atoms with E-state index in [1.54, 1.807) is 37.3 Å². The lowest BCUT2D eigenvalue weighted by molar-refractivity contribution is -0.118. The van der Waals surface area contributed by atoms with E-state index in [0.29, 0.717) is 15.4 Å². The zero-order chi connectivity index (χ0) is 17.3. The standard InChI is InChI=1S/C17H13BrFN3O2/c1-10(16(23)21-15-7-6-11(18)8-13(15)19)22-9-20-14-5-3-2-4-12(14)17(22)24/h2-10H,1H3,(H,21,23). The highest BCUT2D eigenvalue weighted by Crippen LogP contribution is 2.20. The topological polar surface area (TPSA) is 64.0 Å². The van der Waals surface area contributed by atoms with Crippen molar-refractivity contribution in [2.24, 2.45) is 0 Å². The lowest BCUT2D eigenvalue weighted by atomic mass is 10.2. The van der Waals surface area contributed by atoms with Crippen molar-refractivity contribution in [3.05, 3.63) is 69.4 Å². The molecule has 7 heteroatoms. The van der Waals surface area contributed by atoms with Gasteiger partial charge in [-0.05, 0) is 37.3 Å². The lowest BCUT2D eigenvalue weighted by Crippen LogP contribution is -2.32. The van der Waals surface area contributed by atoms with Gasteiger partial charge in [-0.3, -0.25) is 14.2 Å². The van der Waals surface area contributed by atoms with Crippen LogP contribution < -0.4 is 10.9 Å². The van der Waals surface area contributed by atoms with Gasteiger partial charge in [0.05, 0.1) is 22.9 Å². The number of anilines is 1. The minimum absolute atomic E-state index is 0.0526. The van der Waals surface area contributed by atoms with E-state index >= 15 is 0 Å². The molecule has 0 spiro atoms. The number of nitrogens with zero attached hydrogens (tertiary/aromatic N) is 2. The van der Waals surface area contributed by atoms with E-state index in [-0.39, 0.29) is 11.2 Å². The predicted octanol–water partition coefficient (Wildman–Crippen LogP) is 3.50. The molecule has 0 aliphatic carbocycles. The molecule has 1 N–H and O–H groups in total. The van der Waals surface area contributed by atoms with Crippen molar-refractivity contribution < 1.29 is 9.18 Å². The van der Waals surface area contributed by atoms with Gasteiger partial charge < -0.3 is 5.32 Å². The van der Waals surface area contributed by atoms with Crippen molar-refractivity contribution in [1.29, 1.82) is 0 Å². The Labute approximate surface area is 145 Å². The first-order valence-electron chi connectivity index (χ1n) is 7.19. The number of fused-ring (bicyclic) bond motifs is 1. The SMILES string of the molecule is CC(C(=O)Nc1ccc(Br)cc1F)n1cnc2ccccc2c1=O. The highest BCUT2D eigenvalue weighted by atomic mass is 79.9. The first-order chi connectivity index (χ1) is 11.5. The number of carbonyl (C=O) groups is 1. The van der Waals surface area contributed by atoms with Gasteiger partial charge in [0.2, 0.25) is 5.91 Å². The molecule has 1 unspecified atom stereocenters. The summed E-state index contributed by atoms with van der Waals surface area (Å²) >= 11 is 3.15. The van der Waals surface area contributed by atoms with Crippen LogP contribution in [-0.4, -0.2) is 15.5 Å². The molecule has 0 saturated heterocycles. The number of amides is 1. The lowest BCUT2D eigenvalue weighted by Gasteiger charge is -2.15. The molecule has 1 amide bonds. The number of nitrogens with one attached hydrogen (secondary N) is 1. The summed E-state index contributed by atoms with van der Waals surface area (Å²) in [5, 5.41) is 2.91. The van der Waals surface area contributed by atoms with Crippen LogP contribution in [0.25, 0.3) is 10.9 Å². The fourth-order valence-corrected chi connectivity index (χ4v) is 2.65. The van der Waals surface area contributed by atoms with Gasteiger partial charge in [0.1, 0.15) is 11.9 Å². The zero-order valence-electron chi connectivity index (χ0n) is 12.7. The van der Waals surface area contributed by atoms with E-state index in [9.17, 15) is 14.0 Å². The molecule has 0 bridgehead atoms. The van der Waals surface area contributed by atoms with Crippen molar-refractivity contribution in [1.82, 2.24) is 9.55 Å². The maximum Gasteiger partial charge on any atom is 0.261 e. The second kappa shape index (κ2) is 6.52. The minimum Gasteiger partial charge on any atom is -0.322 e. The average molecular weight is 390 g/mol. The van der Waals surface area contributed by atoms with Crippen LogP contribution in [0.4, 0.5) is 10.1 Å². The number of rotatable bonds is 3. The zero-order valence-corrected chi connectivity index (χ0v) is 14.2. The molecule has 5 nitrogen and oxygen atoms in total. The van der Waals surface area contributed by atoms with Gasteiger partial charge in [0.25, 0.3) is 5.56 Å². The summed E-state index contributed by atoms with van der Waals surface area (Å²) in [4.78, 5) is 29.0. The normalized spacial score (nSPS) is 12.1. The summed E-state index contributed by atoms with van der Waals surface area (Å²) in [6.45, 7) is 1.56. The summed E-state index contributed by atoms with van der Waals surface area (Å²) in [5.41, 5.74) is 0.293. The smallest absolute Gasteiger partial charge is 0.261 e. The van der Waals surface area contributed by atoms with E-state index in [1.807, 2.05) is 0 Å². The van der Waals surface area contributed by atoms with Gasteiger partial charge in [-0.25, -0.2) is 9.37 Å². The summed E-state index contributed by atoms with van der Waals surface area (Å²) in [5.74, 6) is -1.07. The van der Waals surface area contributed by atoms with Crippen molar-refractivity contribution in [3.8, 4) is 0 Å². The van der Waals surface area contributed by atoms with Gasteiger partial charge in [-0.2, -0.15) is 0 Å². The van der Waals surface area contributed by atoms with E-state index < -0.39 is 17.8 Å². The maximum absolute atomic E-state index is 13.8. The third-order valence-electron chi connectivity index (χ3n) is 3.68. The second-order valence-electron chi connectivity index (χ2n) is 5.26. The van der Waals surface area contributed by atoms with Crippen LogP contribution in [0.2, 0.25) is 0 Å². The van der Waals surface area contributed by atoms with Crippen LogP contribution >= 0.6 is 15.9 Å². The van der Waals surface area contributed by atoms with Crippen LogP contribution in [0.5, 0.6) is 0 Å². The molecule has 3 rings (SSSR count). The number of benzene rings is 2. The van der Waals surface area contributed by atoms with Gasteiger partial charge in [0.15, 0.2) is 0 Å². The Morgan fingerprint density at radius 3 is 2.79 bits per heavy atom. The third-order valence-corrected chi connectivity index (χ3v) is 4.17. The number of carbonyl (C=O) groups excluding carboxylic acids is 1. The summed E-state index contributed by atoms with van der Waals surface area (Å²) in [6.07, 6.45) is 1.33. The van der Waals surface area contributed by atoms with E-state index in [2.05, 4.69) is 26.2 Å². The quantitative estimate of drug-likeness (QED) is 0.745. The van der Waals surface area contributed by atoms with Crippen molar-refractivity contribution >= 4 is 38.4 Å². The monoisotopic (exact) mass is 389 g/mol. The highest BCUT2D eigenvalue weighted by molar-refractivity contribution is 9.10. The Bertz CT molecular complexity index is 987. The van der Waals surface area contributed by atoms with Crippen molar-refractivity contribution in [2.75, 3.05) is 5.32 Å². The predicted molar refractivity (Wildman–Crippen MR) is 93.4 cm³/mol. The number of halogens is 2. The fraction of sp³-hybridized carbons (Fsp3) is 0.118. The fourth-order valence-electron chi connectivity index (χ4n) is 2.31. The second-order valence-corrected chi connectivity index (χ2v) is 6.18. The van der Waals surface area contributed by atoms with Crippen LogP contribution in [0, 0.1) is 5.82 Å². The summed E-state index contributed by atoms with van der Waals surface area (Å²) in [7, 11) is 0. The van der Waals surface area contributed by atoms with Gasteiger partial charge in [0, 0.05) is 4.47 Å². The molecule has 24 heavy (non-hydrogen) atoms. The highest BCUT2D eigenvalue weighted by Gasteiger charge is 2.19. The van der Waals surface area contributed by atoms with Crippen molar-refractivity contribution in [3.63, 3.8) is 0 Å². The minimum atomic E-state index is -0.836. The molecule has 122 valence electrons. The number of hydrogen-bond acceptors (Lipinski definition) is 3. The van der Waals surface area contributed by atoms with Gasteiger partial charge in [-0.1, -0.05) is 28.1 Å². The van der Waals surface area contributed by atoms with Crippen LogP contribution in [-0.2, 0) is 4.79 Å². The Balaban J connectivity index is 1.91. The Hall–Kier alpha value is -2.54. The van der Waals surface area contributed by atoms with Crippen LogP contribution in [0.15, 0.2) is 58.1 Å². The molecule has 0 saturated carbocycles. The van der Waals surface area contributed by atoms with E-state index in [4.69, 9.17) is 0 Å². The Morgan fingerprint density at radius 2 is 2.04 bits per heavy atom. The third kappa shape index (κ3) is 3.07. The molecule has 1 aromatic heterocycles. The molecule has 0 radical (unpaired) electrons. The molecular weight excluding hydrogens is 377 g/mol. The molecule has 3 aromatic rings. The molecule has 0 aliphatic heterocycles. The largest absolute Gasteiger partial charge is 0.322 e. The maximum atomic E-state index is 13.8. The molecular formula is C17H13BrFN3O2. The van der Waals surface area contributed by atoms with Crippen LogP contribution in [0.3, 0.4) is 0 Å². The molecule has 0 aliphatic rings. The molecule has 1 atom stereocenters. The molecule has 0 fully saturated rings. The Kier molecular flexibility index (Phi) is 4.44. The van der Waals surface area contributed by atoms with Gasteiger partial charge >= 0.3 is 0 Å². The number of aromatic nitrogens is 2. The number of hydrogen-bond donors (Lipinski definition) is 1. The average Bonchev–Trinajstić information content (AvgIpc) is 2.57. The van der Waals surface area contributed by atoms with E-state index in [1.165, 1.54) is 23.0 Å². The molecule has 1 heterocycles. The molecule has 2 aromatic carbocycles. The van der Waals surface area contributed by atoms with E-state index in [0.717, 1.165) is 0 Å². The first-order valence-corrected chi connectivity index (χ1v) is 7.98. The van der Waals surface area contributed by atoms with Gasteiger partial charge in [-0.15, -0.1) is 0 Å². The van der Waals surface area contributed by atoms with Crippen molar-refractivity contribution in [2.45, 2.75) is 13.0 Å². The van der Waals surface area contributed by atoms with Crippen LogP contribution in [0.1, 0.15) is 13.0 Å².